The van der Waals surface area contributed by atoms with Gasteiger partial charge in [-0.2, -0.15) is 5.26 Å². The molecule has 0 spiro atoms. The van der Waals surface area contributed by atoms with Gasteiger partial charge in [-0.1, -0.05) is 12.1 Å². The van der Waals surface area contributed by atoms with Crippen LogP contribution in [0.15, 0.2) is 41.8 Å². The highest BCUT2D eigenvalue weighted by atomic mass is 32.1. The molecule has 0 aliphatic carbocycles. The number of nitrogens with one attached hydrogen (secondary N) is 2. The fraction of sp³-hybridized carbons (Fsp3) is 0.433. The van der Waals surface area contributed by atoms with Crippen molar-refractivity contribution in [1.82, 2.24) is 15.3 Å². The van der Waals surface area contributed by atoms with Crippen molar-refractivity contribution in [2.75, 3.05) is 36.5 Å². The molecule has 2 N–H and O–H groups in total. The highest BCUT2D eigenvalue weighted by molar-refractivity contribution is 7.14. The van der Waals surface area contributed by atoms with Gasteiger partial charge in [0.1, 0.15) is 17.6 Å². The zero-order valence-electron chi connectivity index (χ0n) is 25.0. The number of nitrogens with zero attached hydrogens (tertiary/aromatic N) is 4. The standard InChI is InChI=1S/C30H36N6O5SSi/c1-19-13-36(14-20(2)40-19)26-8-6-7-24(33-26)25-16-42-29(34-25)35-27(37)12-32-28(38)21-9-10-22-15-39-18-30(17-31,23(22)11-21)41-43(3,4)5/h6-11,16,19-20H,12-15,18H2,1-5H3,(H,32,38)(H,34,35,37). The Hall–Kier alpha value is -3.67. The Morgan fingerprint density at radius 2 is 1.93 bits per heavy atom. The van der Waals surface area contributed by atoms with Gasteiger partial charge in [-0.3, -0.25) is 9.59 Å². The molecule has 4 heterocycles. The van der Waals surface area contributed by atoms with Crippen molar-refractivity contribution < 1.29 is 23.5 Å². The van der Waals surface area contributed by atoms with E-state index in [9.17, 15) is 14.9 Å². The molecule has 3 atom stereocenters. The Bertz CT molecular complexity index is 1540. The maximum absolute atomic E-state index is 13.0. The summed E-state index contributed by atoms with van der Waals surface area (Å²) < 4.78 is 17.8. The number of anilines is 2. The van der Waals surface area contributed by atoms with Crippen LogP contribution in [0.1, 0.15) is 35.3 Å². The summed E-state index contributed by atoms with van der Waals surface area (Å²) in [6.45, 7) is 11.8. The van der Waals surface area contributed by atoms with Crippen molar-refractivity contribution in [3.8, 4) is 17.5 Å². The van der Waals surface area contributed by atoms with Crippen LogP contribution in [0.2, 0.25) is 19.6 Å². The summed E-state index contributed by atoms with van der Waals surface area (Å²) in [7, 11) is -2.13. The molecule has 11 nitrogen and oxygen atoms in total. The van der Waals surface area contributed by atoms with Crippen molar-refractivity contribution in [2.24, 2.45) is 0 Å². The number of amides is 2. The summed E-state index contributed by atoms with van der Waals surface area (Å²) in [4.78, 5) is 37.2. The predicted molar refractivity (Wildman–Crippen MR) is 166 cm³/mol. The number of nitriles is 1. The van der Waals surface area contributed by atoms with Crippen LogP contribution in [0.5, 0.6) is 0 Å². The summed E-state index contributed by atoms with van der Waals surface area (Å²) in [6.07, 6.45) is 0.237. The van der Waals surface area contributed by atoms with Gasteiger partial charge >= 0.3 is 0 Å². The molecule has 1 saturated heterocycles. The van der Waals surface area contributed by atoms with Crippen molar-refractivity contribution in [3.05, 3.63) is 58.5 Å². The molecular weight excluding hydrogens is 585 g/mol. The molecule has 0 bridgehead atoms. The minimum absolute atomic E-state index is 0.0927. The summed E-state index contributed by atoms with van der Waals surface area (Å²) in [5.41, 5.74) is 1.85. The van der Waals surface area contributed by atoms with Crippen molar-refractivity contribution in [2.45, 2.75) is 57.9 Å². The largest absolute Gasteiger partial charge is 0.395 e. The third kappa shape index (κ3) is 7.28. The smallest absolute Gasteiger partial charge is 0.251 e. The topological polar surface area (TPSA) is 139 Å². The molecule has 2 aromatic heterocycles. The zero-order valence-corrected chi connectivity index (χ0v) is 26.8. The molecule has 3 aromatic rings. The predicted octanol–water partition coefficient (Wildman–Crippen LogP) is 4.29. The van der Waals surface area contributed by atoms with E-state index < -0.39 is 25.7 Å². The van der Waals surface area contributed by atoms with Crippen LogP contribution in [0.4, 0.5) is 10.9 Å². The maximum Gasteiger partial charge on any atom is 0.251 e. The average molecular weight is 621 g/mol. The molecule has 1 fully saturated rings. The number of carbonyl (C=O) groups excluding carboxylic acids is 2. The second-order valence-corrected chi connectivity index (χ2v) is 17.1. The third-order valence-electron chi connectivity index (χ3n) is 6.93. The molecule has 2 aliphatic rings. The zero-order chi connectivity index (χ0) is 30.8. The molecule has 5 rings (SSSR count). The lowest BCUT2D eigenvalue weighted by atomic mass is 9.88. The van der Waals surface area contributed by atoms with E-state index in [4.69, 9.17) is 18.9 Å². The van der Waals surface area contributed by atoms with Gasteiger partial charge < -0.3 is 29.4 Å². The van der Waals surface area contributed by atoms with Gasteiger partial charge in [-0.25, -0.2) is 9.97 Å². The van der Waals surface area contributed by atoms with Crippen LogP contribution in [-0.4, -0.2) is 68.5 Å². The lowest BCUT2D eigenvalue weighted by Gasteiger charge is -2.38. The van der Waals surface area contributed by atoms with Crippen molar-refractivity contribution in [3.63, 3.8) is 0 Å². The van der Waals surface area contributed by atoms with Gasteiger partial charge in [0.25, 0.3) is 5.91 Å². The summed E-state index contributed by atoms with van der Waals surface area (Å²) in [5.74, 6) is 0.0125. The van der Waals surface area contributed by atoms with E-state index in [-0.39, 0.29) is 25.4 Å². The third-order valence-corrected chi connectivity index (χ3v) is 8.65. The SMILES string of the molecule is CC1CN(c2cccc(-c3csc(NC(=O)CNC(=O)c4ccc5c(c4)C(C#N)(O[Si](C)(C)C)COC5)n3)n2)CC(C)O1. The lowest BCUT2D eigenvalue weighted by molar-refractivity contribution is -0.115. The van der Waals surface area contributed by atoms with Gasteiger partial charge in [-0.15, -0.1) is 11.3 Å². The molecule has 226 valence electrons. The molecule has 43 heavy (non-hydrogen) atoms. The maximum atomic E-state index is 13.0. The van der Waals surface area contributed by atoms with E-state index in [1.54, 1.807) is 18.2 Å². The highest BCUT2D eigenvalue weighted by Crippen LogP contribution is 2.36. The van der Waals surface area contributed by atoms with Crippen molar-refractivity contribution in [1.29, 1.82) is 5.26 Å². The van der Waals surface area contributed by atoms with Crippen LogP contribution < -0.4 is 15.5 Å². The molecule has 0 saturated carbocycles. The van der Waals surface area contributed by atoms with E-state index in [2.05, 4.69) is 40.4 Å². The Morgan fingerprint density at radius 1 is 1.16 bits per heavy atom. The monoisotopic (exact) mass is 620 g/mol. The van der Waals surface area contributed by atoms with Crippen LogP contribution in [-0.2, 0) is 30.9 Å². The first-order chi connectivity index (χ1) is 20.4. The number of pyridine rings is 1. The average Bonchev–Trinajstić information content (AvgIpc) is 3.43. The van der Waals surface area contributed by atoms with Crippen LogP contribution in [0.25, 0.3) is 11.4 Å². The number of aromatic nitrogens is 2. The number of hydrogen-bond acceptors (Lipinski definition) is 10. The number of fused-ring (bicyclic) bond motifs is 1. The lowest BCUT2D eigenvalue weighted by Crippen LogP contribution is -2.45. The second-order valence-electron chi connectivity index (χ2n) is 11.8. The minimum atomic E-state index is -2.13. The number of benzene rings is 1. The van der Waals surface area contributed by atoms with Gasteiger partial charge in [0.2, 0.25) is 5.91 Å². The number of hydrogen-bond donors (Lipinski definition) is 2. The van der Waals surface area contributed by atoms with E-state index in [0.717, 1.165) is 24.5 Å². The van der Waals surface area contributed by atoms with Gasteiger partial charge in [0, 0.05) is 29.6 Å². The first-order valence-corrected chi connectivity index (χ1v) is 18.5. The Kier molecular flexibility index (Phi) is 8.96. The van der Waals surface area contributed by atoms with E-state index >= 15 is 0 Å². The van der Waals surface area contributed by atoms with E-state index in [0.29, 0.717) is 34.3 Å². The molecular formula is C30H36N6O5SSi. The fourth-order valence-electron chi connectivity index (χ4n) is 5.31. The van der Waals surface area contributed by atoms with Crippen LogP contribution in [0.3, 0.4) is 0 Å². The Balaban J connectivity index is 1.21. The summed E-state index contributed by atoms with van der Waals surface area (Å²) in [5, 5.41) is 17.7. The molecule has 13 heteroatoms. The van der Waals surface area contributed by atoms with Crippen LogP contribution >= 0.6 is 11.3 Å². The first-order valence-electron chi connectivity index (χ1n) is 14.2. The summed E-state index contributed by atoms with van der Waals surface area (Å²) >= 11 is 1.29. The van der Waals surface area contributed by atoms with Crippen molar-refractivity contribution >= 4 is 42.4 Å². The second kappa shape index (κ2) is 12.5. The minimum Gasteiger partial charge on any atom is -0.395 e. The van der Waals surface area contributed by atoms with E-state index in [1.165, 1.54) is 11.3 Å². The Labute approximate surface area is 256 Å². The summed E-state index contributed by atoms with van der Waals surface area (Å²) in [6, 6.07) is 13.2. The quantitative estimate of drug-likeness (QED) is 0.353. The molecule has 0 radical (unpaired) electrons. The number of carbonyl (C=O) groups is 2. The molecule has 2 amide bonds. The molecule has 3 unspecified atom stereocenters. The number of thiazole rings is 1. The number of morpholine rings is 1. The highest BCUT2D eigenvalue weighted by Gasteiger charge is 2.43. The van der Waals surface area contributed by atoms with Crippen LogP contribution in [0, 0.1) is 11.3 Å². The van der Waals surface area contributed by atoms with E-state index in [1.807, 2.05) is 43.2 Å². The van der Waals surface area contributed by atoms with Gasteiger partial charge in [0.15, 0.2) is 19.1 Å². The normalized spacial score (nSPS) is 21.9. The molecule has 2 aliphatic heterocycles. The number of ether oxygens (including phenoxy) is 2. The van der Waals surface area contributed by atoms with Gasteiger partial charge in [0.05, 0.1) is 37.7 Å². The first kappa shape index (κ1) is 30.8. The number of rotatable bonds is 8. The fourth-order valence-corrected chi connectivity index (χ4v) is 7.29. The molecule has 1 aromatic carbocycles. The Morgan fingerprint density at radius 3 is 2.65 bits per heavy atom. The van der Waals surface area contributed by atoms with Gasteiger partial charge in [-0.05, 0) is 63.3 Å².